The summed E-state index contributed by atoms with van der Waals surface area (Å²) >= 11 is 6.62. The summed E-state index contributed by atoms with van der Waals surface area (Å²) in [4.78, 5) is 11.9. The number of ether oxygens (including phenoxy) is 2. The fourth-order valence-corrected chi connectivity index (χ4v) is 2.96. The lowest BCUT2D eigenvalue weighted by Gasteiger charge is -2.11. The average molecular weight is 379 g/mol. The number of nitrogens with two attached hydrogens (primary N) is 1. The fourth-order valence-electron chi connectivity index (χ4n) is 1.74. The van der Waals surface area contributed by atoms with Crippen molar-refractivity contribution in [2.24, 2.45) is 5.92 Å². The van der Waals surface area contributed by atoms with Crippen LogP contribution in [0.2, 0.25) is 0 Å². The van der Waals surface area contributed by atoms with Crippen LogP contribution < -0.4 is 5.73 Å². The highest BCUT2D eigenvalue weighted by molar-refractivity contribution is 9.11. The summed E-state index contributed by atoms with van der Waals surface area (Å²) in [6, 6.07) is 3.45. The van der Waals surface area contributed by atoms with Crippen LogP contribution in [0.5, 0.6) is 0 Å². The maximum atomic E-state index is 11.9. The molecule has 1 fully saturated rings. The number of hydrogen-bond acceptors (Lipinski definition) is 4. The van der Waals surface area contributed by atoms with Crippen molar-refractivity contribution >= 4 is 43.5 Å². The molecular formula is C12H13Br2NO3. The average Bonchev–Trinajstić information content (AvgIpc) is 2.83. The molecule has 1 aliphatic heterocycles. The quantitative estimate of drug-likeness (QED) is 0.648. The van der Waals surface area contributed by atoms with E-state index in [-0.39, 0.29) is 0 Å². The fraction of sp³-hybridized carbons (Fsp3) is 0.417. The Bertz CT molecular complexity index is 459. The number of halogens is 2. The molecule has 6 heteroatoms. The minimum absolute atomic E-state index is 0.297. The van der Waals surface area contributed by atoms with Crippen molar-refractivity contribution in [3.05, 3.63) is 26.6 Å². The molecule has 4 nitrogen and oxygen atoms in total. The molecule has 0 aromatic heterocycles. The summed E-state index contributed by atoms with van der Waals surface area (Å²) in [5, 5.41) is 0. The van der Waals surface area contributed by atoms with Crippen LogP contribution in [0.15, 0.2) is 21.1 Å². The first-order valence-electron chi connectivity index (χ1n) is 5.57. The Morgan fingerprint density at radius 1 is 1.50 bits per heavy atom. The molecule has 1 saturated heterocycles. The van der Waals surface area contributed by atoms with E-state index in [0.29, 0.717) is 34.9 Å². The van der Waals surface area contributed by atoms with Gasteiger partial charge in [-0.1, -0.05) is 15.9 Å². The molecule has 2 N–H and O–H groups in total. The van der Waals surface area contributed by atoms with Gasteiger partial charge in [0.25, 0.3) is 0 Å². The first kappa shape index (κ1) is 13.8. The topological polar surface area (TPSA) is 61.6 Å². The standard InChI is InChI=1S/C12H13Br2NO3/c13-8-3-9(11(15)10(14)4-8)12(16)18-6-7-1-2-17-5-7/h3-4,7H,1-2,5-6,15H2. The molecule has 0 spiro atoms. The first-order valence-corrected chi connectivity index (χ1v) is 7.16. The SMILES string of the molecule is Nc1c(Br)cc(Br)cc1C(=O)OCC1CCOC1. The first-order chi connectivity index (χ1) is 8.58. The highest BCUT2D eigenvalue weighted by Crippen LogP contribution is 2.28. The smallest absolute Gasteiger partial charge is 0.340 e. The van der Waals surface area contributed by atoms with Gasteiger partial charge in [-0.15, -0.1) is 0 Å². The zero-order chi connectivity index (χ0) is 13.1. The van der Waals surface area contributed by atoms with Crippen molar-refractivity contribution in [3.63, 3.8) is 0 Å². The molecule has 0 bridgehead atoms. The van der Waals surface area contributed by atoms with Gasteiger partial charge in [0, 0.05) is 21.5 Å². The number of anilines is 1. The van der Waals surface area contributed by atoms with Crippen molar-refractivity contribution in [1.82, 2.24) is 0 Å². The highest BCUT2D eigenvalue weighted by atomic mass is 79.9. The predicted molar refractivity (Wildman–Crippen MR) is 75.5 cm³/mol. The number of carbonyl (C=O) groups excluding carboxylic acids is 1. The Hall–Kier alpha value is -0.590. The minimum atomic E-state index is -0.401. The lowest BCUT2D eigenvalue weighted by atomic mass is 10.1. The number of benzene rings is 1. The summed E-state index contributed by atoms with van der Waals surface area (Å²) in [7, 11) is 0. The van der Waals surface area contributed by atoms with Gasteiger partial charge in [0.1, 0.15) is 0 Å². The Balaban J connectivity index is 2.04. The predicted octanol–water partition coefficient (Wildman–Crippen LogP) is 2.99. The second-order valence-corrected chi connectivity index (χ2v) is 5.95. The van der Waals surface area contributed by atoms with Crippen LogP contribution in [0.25, 0.3) is 0 Å². The van der Waals surface area contributed by atoms with Crippen molar-refractivity contribution in [2.75, 3.05) is 25.6 Å². The number of nitrogen functional groups attached to an aromatic ring is 1. The van der Waals surface area contributed by atoms with Gasteiger partial charge in [0.2, 0.25) is 0 Å². The molecule has 0 aliphatic carbocycles. The Morgan fingerprint density at radius 3 is 2.94 bits per heavy atom. The second kappa shape index (κ2) is 6.04. The molecule has 1 heterocycles. The number of esters is 1. The van der Waals surface area contributed by atoms with Crippen LogP contribution in [0.1, 0.15) is 16.8 Å². The molecule has 1 unspecified atom stereocenters. The molecule has 1 aromatic carbocycles. The largest absolute Gasteiger partial charge is 0.462 e. The minimum Gasteiger partial charge on any atom is -0.462 e. The summed E-state index contributed by atoms with van der Waals surface area (Å²) in [5.74, 6) is -0.104. The molecule has 0 radical (unpaired) electrons. The molecule has 0 saturated carbocycles. The van der Waals surface area contributed by atoms with E-state index in [1.165, 1.54) is 0 Å². The molecule has 98 valence electrons. The van der Waals surface area contributed by atoms with Gasteiger partial charge in [-0.25, -0.2) is 4.79 Å². The van der Waals surface area contributed by atoms with Gasteiger partial charge in [-0.2, -0.15) is 0 Å². The zero-order valence-corrected chi connectivity index (χ0v) is 12.8. The lowest BCUT2D eigenvalue weighted by molar-refractivity contribution is 0.0429. The number of hydrogen-bond donors (Lipinski definition) is 1. The van der Waals surface area contributed by atoms with Gasteiger partial charge in [-0.05, 0) is 34.5 Å². The van der Waals surface area contributed by atoms with E-state index in [2.05, 4.69) is 31.9 Å². The van der Waals surface area contributed by atoms with E-state index in [1.54, 1.807) is 12.1 Å². The second-order valence-electron chi connectivity index (χ2n) is 4.18. The van der Waals surface area contributed by atoms with Gasteiger partial charge in [0.15, 0.2) is 0 Å². The van der Waals surface area contributed by atoms with Crippen molar-refractivity contribution in [3.8, 4) is 0 Å². The van der Waals surface area contributed by atoms with E-state index in [1.807, 2.05) is 0 Å². The normalized spacial score (nSPS) is 18.9. The van der Waals surface area contributed by atoms with Crippen LogP contribution >= 0.6 is 31.9 Å². The lowest BCUT2D eigenvalue weighted by Crippen LogP contribution is -2.15. The molecular weight excluding hydrogens is 366 g/mol. The van der Waals surface area contributed by atoms with Crippen molar-refractivity contribution < 1.29 is 14.3 Å². The van der Waals surface area contributed by atoms with Gasteiger partial charge in [-0.3, -0.25) is 0 Å². The molecule has 0 amide bonds. The Kier molecular flexibility index (Phi) is 4.64. The van der Waals surface area contributed by atoms with Crippen molar-refractivity contribution in [1.29, 1.82) is 0 Å². The molecule has 18 heavy (non-hydrogen) atoms. The van der Waals surface area contributed by atoms with Crippen LogP contribution in [0.3, 0.4) is 0 Å². The number of carbonyl (C=O) groups is 1. The van der Waals surface area contributed by atoms with Gasteiger partial charge < -0.3 is 15.2 Å². The molecule has 1 aliphatic rings. The van der Waals surface area contributed by atoms with Crippen LogP contribution in [-0.4, -0.2) is 25.8 Å². The molecule has 1 aromatic rings. The Labute approximate surface area is 122 Å². The summed E-state index contributed by atoms with van der Waals surface area (Å²) in [5.41, 5.74) is 6.61. The van der Waals surface area contributed by atoms with E-state index < -0.39 is 5.97 Å². The van der Waals surface area contributed by atoms with Gasteiger partial charge in [0.05, 0.1) is 24.5 Å². The zero-order valence-electron chi connectivity index (χ0n) is 9.62. The monoisotopic (exact) mass is 377 g/mol. The molecule has 1 atom stereocenters. The Morgan fingerprint density at radius 2 is 2.28 bits per heavy atom. The third-order valence-electron chi connectivity index (χ3n) is 2.79. The van der Waals surface area contributed by atoms with E-state index in [0.717, 1.165) is 17.5 Å². The van der Waals surface area contributed by atoms with Crippen molar-refractivity contribution in [2.45, 2.75) is 6.42 Å². The maximum absolute atomic E-state index is 11.9. The summed E-state index contributed by atoms with van der Waals surface area (Å²) in [6.07, 6.45) is 0.935. The summed E-state index contributed by atoms with van der Waals surface area (Å²) in [6.45, 7) is 1.78. The maximum Gasteiger partial charge on any atom is 0.340 e. The third-order valence-corrected chi connectivity index (χ3v) is 3.90. The van der Waals surface area contributed by atoms with Gasteiger partial charge >= 0.3 is 5.97 Å². The van der Waals surface area contributed by atoms with Crippen LogP contribution in [0.4, 0.5) is 5.69 Å². The van der Waals surface area contributed by atoms with E-state index >= 15 is 0 Å². The number of rotatable bonds is 3. The highest BCUT2D eigenvalue weighted by Gasteiger charge is 2.20. The third kappa shape index (κ3) is 3.24. The van der Waals surface area contributed by atoms with Crippen LogP contribution in [0, 0.1) is 5.92 Å². The molecule has 2 rings (SSSR count). The van der Waals surface area contributed by atoms with E-state index in [9.17, 15) is 4.79 Å². The van der Waals surface area contributed by atoms with E-state index in [4.69, 9.17) is 15.2 Å². The summed E-state index contributed by atoms with van der Waals surface area (Å²) < 4.78 is 11.9. The van der Waals surface area contributed by atoms with Crippen LogP contribution in [-0.2, 0) is 9.47 Å².